The van der Waals surface area contributed by atoms with Gasteiger partial charge in [-0.3, -0.25) is 33.6 Å². The molecule has 0 spiro atoms. The van der Waals surface area contributed by atoms with E-state index in [0.29, 0.717) is 22.4 Å². The molecule has 11 atom stereocenters. The number of nitrogens with zero attached hydrogens (tertiary/aromatic N) is 3. The van der Waals surface area contributed by atoms with Crippen molar-refractivity contribution in [1.29, 1.82) is 0 Å². The number of carbonyl (C=O) groups excluding carboxylic acids is 6. The maximum atomic E-state index is 14.9. The molecule has 7 rings (SSSR count). The van der Waals surface area contributed by atoms with E-state index in [2.05, 4.69) is 16.0 Å². The van der Waals surface area contributed by atoms with Crippen LogP contribution in [0.4, 0.5) is 0 Å². The van der Waals surface area contributed by atoms with Crippen LogP contribution >= 0.6 is 0 Å². The fourth-order valence-corrected chi connectivity index (χ4v) is 8.41. The quantitative estimate of drug-likeness (QED) is 0.126. The summed E-state index contributed by atoms with van der Waals surface area (Å²) in [6.45, 7) is 2.04. The number of amides is 6. The maximum Gasteiger partial charge on any atom is 0.303 e. The largest absolute Gasteiger partial charge is 0.497 e. The van der Waals surface area contributed by atoms with Crippen LogP contribution in [0.1, 0.15) is 43.4 Å². The highest BCUT2D eigenvalue weighted by molar-refractivity contribution is 5.98. The van der Waals surface area contributed by atoms with Crippen LogP contribution in [-0.4, -0.2) is 183 Å². The highest BCUT2D eigenvalue weighted by Crippen LogP contribution is 2.36. The minimum atomic E-state index is -1.76. The Bertz CT molecular complexity index is 2400. The normalized spacial score (nSPS) is 28.4. The number of carboxylic acid groups (broad SMARTS) is 1. The Kier molecular flexibility index (Phi) is 17.0. The minimum Gasteiger partial charge on any atom is -0.497 e. The molecule has 0 saturated carbocycles. The number of hydrogen-bond acceptors (Lipinski definition) is 15. The average molecular weight is 977 g/mol. The lowest BCUT2D eigenvalue weighted by Crippen LogP contribution is -2.62. The van der Waals surface area contributed by atoms with E-state index in [1.165, 1.54) is 65.2 Å². The maximum absolute atomic E-state index is 14.9. The number of aliphatic hydroxyl groups is 4. The molecule has 6 amide bonds. The molecule has 8 N–H and O–H groups in total. The smallest absolute Gasteiger partial charge is 0.303 e. The van der Waals surface area contributed by atoms with Crippen LogP contribution in [0.3, 0.4) is 0 Å². The number of benzene rings is 3. The van der Waals surface area contributed by atoms with Gasteiger partial charge >= 0.3 is 5.97 Å². The van der Waals surface area contributed by atoms with Crippen molar-refractivity contribution in [1.82, 2.24) is 30.7 Å². The Balaban J connectivity index is 1.41. The van der Waals surface area contributed by atoms with Crippen molar-refractivity contribution in [2.75, 3.05) is 34.9 Å². The predicted molar refractivity (Wildman–Crippen MR) is 245 cm³/mol. The Labute approximate surface area is 403 Å². The van der Waals surface area contributed by atoms with Gasteiger partial charge in [0, 0.05) is 46.8 Å². The first-order chi connectivity index (χ1) is 33.2. The van der Waals surface area contributed by atoms with Crippen LogP contribution in [0, 0.1) is 0 Å². The van der Waals surface area contributed by atoms with Gasteiger partial charge < -0.3 is 75.1 Å². The zero-order valence-electron chi connectivity index (χ0n) is 39.5. The molecule has 22 heteroatoms. The first-order valence-electron chi connectivity index (χ1n) is 22.6. The van der Waals surface area contributed by atoms with E-state index in [9.17, 15) is 59.1 Å². The Morgan fingerprint density at radius 2 is 1.34 bits per heavy atom. The van der Waals surface area contributed by atoms with Crippen LogP contribution < -0.4 is 30.2 Å². The second-order valence-electron chi connectivity index (χ2n) is 17.7. The van der Waals surface area contributed by atoms with Crippen molar-refractivity contribution in [2.45, 2.75) is 113 Å². The molecule has 0 unspecified atom stereocenters. The second-order valence-corrected chi connectivity index (χ2v) is 17.7. The summed E-state index contributed by atoms with van der Waals surface area (Å²) >= 11 is 0. The Morgan fingerprint density at radius 1 is 0.714 bits per heavy atom. The average Bonchev–Trinajstić information content (AvgIpc) is 3.34. The van der Waals surface area contributed by atoms with Crippen LogP contribution in [0.25, 0.3) is 0 Å². The number of carboxylic acids is 1. The molecule has 3 aromatic rings. The third-order valence-electron chi connectivity index (χ3n) is 12.8. The van der Waals surface area contributed by atoms with E-state index in [-0.39, 0.29) is 36.5 Å². The third-order valence-corrected chi connectivity index (χ3v) is 12.8. The predicted octanol–water partition coefficient (Wildman–Crippen LogP) is -1.14. The summed E-state index contributed by atoms with van der Waals surface area (Å²) in [5, 5.41) is 58.7. The summed E-state index contributed by atoms with van der Waals surface area (Å²) < 4.78 is 23.1. The highest BCUT2D eigenvalue weighted by Gasteiger charge is 2.45. The van der Waals surface area contributed by atoms with Crippen LogP contribution in [0.2, 0.25) is 0 Å². The number of aliphatic hydroxyl groups excluding tert-OH is 4. The number of likely N-dealkylation sites (N-methyl/N-ethyl adjacent to an activating group) is 3. The van der Waals surface area contributed by atoms with Gasteiger partial charge in [0.1, 0.15) is 72.2 Å². The molecule has 378 valence electrons. The molecule has 2 saturated heterocycles. The Morgan fingerprint density at radius 3 is 1.99 bits per heavy atom. The summed E-state index contributed by atoms with van der Waals surface area (Å²) in [5.74, 6) is -5.18. The van der Waals surface area contributed by atoms with Gasteiger partial charge in [0.25, 0.3) is 0 Å². The molecular weight excluding hydrogens is 917 g/mol. The van der Waals surface area contributed by atoms with E-state index in [1.54, 1.807) is 48.5 Å². The molecule has 4 heterocycles. The fraction of sp³-hybridized carbons (Fsp3) is 0.479. The lowest BCUT2D eigenvalue weighted by Gasteiger charge is -2.39. The number of rotatable bonds is 9. The van der Waals surface area contributed by atoms with Crippen molar-refractivity contribution < 1.29 is 78.0 Å². The van der Waals surface area contributed by atoms with Crippen LogP contribution in [0.5, 0.6) is 23.0 Å². The van der Waals surface area contributed by atoms with Gasteiger partial charge in [-0.25, -0.2) is 0 Å². The van der Waals surface area contributed by atoms with Crippen molar-refractivity contribution in [3.8, 4) is 23.0 Å². The number of ether oxygens (including phenoxy) is 4. The van der Waals surface area contributed by atoms with Gasteiger partial charge in [-0.2, -0.15) is 0 Å². The zero-order chi connectivity index (χ0) is 51.1. The molecular formula is C48H60N6O16. The standard InChI is InChI=1S/C48H60N6O16/c1-24-42(61)51-31(16-18-38(56)57)46(65)52(3)32(19-26-7-12-29(67-6)13-8-26)44(63)50-25(2)45(64)54(5)34-20-27-9-14-30(15-10-27)68-36-22-28(21-33(43(62)49-24)53(4)47(34)66)11-17-35(36)69-48-41(60)40(59)39(58)37(23-55)70-48/h7-15,17,22,24-25,31-34,37,39-41,48,55,58-60H,16,18-21,23H2,1-6H3,(H,49,62)(H,50,63)(H,51,61)(H,56,57)/t24-,25+,31-,32-,33+,34-,37+,39+,40-,41+,48+/m1/s1. The first-order valence-corrected chi connectivity index (χ1v) is 22.6. The summed E-state index contributed by atoms with van der Waals surface area (Å²) in [6, 6.07) is 9.43. The topological polar surface area (TPSA) is 303 Å². The number of hydrogen-bond donors (Lipinski definition) is 8. The molecule has 22 nitrogen and oxygen atoms in total. The van der Waals surface area contributed by atoms with E-state index >= 15 is 0 Å². The van der Waals surface area contributed by atoms with Crippen molar-refractivity contribution in [3.05, 3.63) is 83.4 Å². The monoisotopic (exact) mass is 976 g/mol. The summed E-state index contributed by atoms with van der Waals surface area (Å²) in [6.07, 6.45) is -9.39. The van der Waals surface area contributed by atoms with Gasteiger partial charge in [0.2, 0.25) is 41.7 Å². The van der Waals surface area contributed by atoms with E-state index in [4.69, 9.17) is 18.9 Å². The summed E-state index contributed by atoms with van der Waals surface area (Å²) in [4.78, 5) is 102. The molecule has 70 heavy (non-hydrogen) atoms. The molecule has 4 aliphatic heterocycles. The lowest BCUT2D eigenvalue weighted by atomic mass is 9.98. The highest BCUT2D eigenvalue weighted by atomic mass is 16.7. The minimum absolute atomic E-state index is 0.0223. The molecule has 6 bridgehead atoms. The van der Waals surface area contributed by atoms with E-state index in [1.807, 2.05) is 0 Å². The number of nitrogens with one attached hydrogen (secondary N) is 3. The van der Waals surface area contributed by atoms with Crippen LogP contribution in [-0.2, 0) is 57.6 Å². The van der Waals surface area contributed by atoms with Gasteiger partial charge in [-0.1, -0.05) is 30.3 Å². The van der Waals surface area contributed by atoms with Crippen molar-refractivity contribution in [3.63, 3.8) is 0 Å². The van der Waals surface area contributed by atoms with Crippen molar-refractivity contribution in [2.24, 2.45) is 0 Å². The van der Waals surface area contributed by atoms with E-state index in [0.717, 1.165) is 9.80 Å². The van der Waals surface area contributed by atoms with Crippen molar-refractivity contribution >= 4 is 41.4 Å². The molecule has 0 aromatic heterocycles. The molecule has 4 aliphatic rings. The SMILES string of the molecule is COc1ccc(C[C@@H]2C(=O)N[C@@H](C)C(=O)N(C)[C@@H]3Cc4ccc(cc4)Oc4cc(ccc4O[C@H]4O[C@@H](CO)[C@H](O)[C@@H](O)[C@@H]4O)C[C@@H](C(=O)N[C@H](C)C(=O)N[C@H](CCC(=O)O)C(=O)N2C)N(C)C3=O)cc1. The zero-order valence-corrected chi connectivity index (χ0v) is 39.5. The van der Waals surface area contributed by atoms with Gasteiger partial charge in [0.05, 0.1) is 13.7 Å². The van der Waals surface area contributed by atoms with Gasteiger partial charge in [0.15, 0.2) is 11.5 Å². The number of fused-ring (bicyclic) bond motifs is 2. The summed E-state index contributed by atoms with van der Waals surface area (Å²) in [7, 11) is 5.55. The van der Waals surface area contributed by atoms with Gasteiger partial charge in [-0.05, 0) is 73.4 Å². The Hall–Kier alpha value is -6.85. The summed E-state index contributed by atoms with van der Waals surface area (Å²) in [5.41, 5.74) is 1.51. The fourth-order valence-electron chi connectivity index (χ4n) is 8.41. The number of aliphatic carboxylic acids is 1. The van der Waals surface area contributed by atoms with Gasteiger partial charge in [-0.15, -0.1) is 0 Å². The lowest BCUT2D eigenvalue weighted by molar-refractivity contribution is -0.277. The molecule has 0 aliphatic carbocycles. The molecule has 2 fully saturated rings. The molecule has 3 aromatic carbocycles. The van der Waals surface area contributed by atoms with E-state index < -0.39 is 128 Å². The first kappa shape index (κ1) is 52.5. The molecule has 0 radical (unpaired) electrons. The third kappa shape index (κ3) is 12.1. The number of methoxy groups -OCH3 is 1. The van der Waals surface area contributed by atoms with Crippen LogP contribution in [0.15, 0.2) is 66.7 Å². The number of carbonyl (C=O) groups is 7. The second kappa shape index (κ2) is 22.7.